The highest BCUT2D eigenvalue weighted by Crippen LogP contribution is 2.09. The van der Waals surface area contributed by atoms with E-state index in [0.717, 1.165) is 45.6 Å². The molecule has 16 heavy (non-hydrogen) atoms. The summed E-state index contributed by atoms with van der Waals surface area (Å²) in [4.78, 5) is 15.7. The number of carbonyl (C=O) groups excluding carboxylic acids is 1. The van der Waals surface area contributed by atoms with Crippen LogP contribution < -0.4 is 5.73 Å². The first-order valence-corrected chi connectivity index (χ1v) is 6.05. The average Bonchev–Trinajstić information content (AvgIpc) is 2.46. The summed E-state index contributed by atoms with van der Waals surface area (Å²) in [6.45, 7) is 6.60. The average molecular weight is 229 g/mol. The van der Waals surface area contributed by atoms with E-state index < -0.39 is 0 Å². The molecule has 1 aliphatic rings. The highest BCUT2D eigenvalue weighted by molar-refractivity contribution is 5.79. The van der Waals surface area contributed by atoms with Gasteiger partial charge in [-0.25, -0.2) is 0 Å². The van der Waals surface area contributed by atoms with Crippen molar-refractivity contribution in [2.75, 3.05) is 39.3 Å². The molecule has 0 bridgehead atoms. The van der Waals surface area contributed by atoms with Gasteiger partial charge >= 0.3 is 0 Å². The fourth-order valence-electron chi connectivity index (χ4n) is 2.31. The Morgan fingerprint density at radius 3 is 2.69 bits per heavy atom. The number of nitrogens with zero attached hydrogens (tertiary/aromatic N) is 2. The van der Waals surface area contributed by atoms with Gasteiger partial charge in [0.1, 0.15) is 0 Å². The number of hydrogen-bond donors (Lipinski definition) is 2. The fourth-order valence-corrected chi connectivity index (χ4v) is 2.31. The van der Waals surface area contributed by atoms with Crippen LogP contribution in [0.4, 0.5) is 0 Å². The highest BCUT2D eigenvalue weighted by atomic mass is 16.3. The molecule has 0 aromatic rings. The van der Waals surface area contributed by atoms with Crippen LogP contribution >= 0.6 is 0 Å². The van der Waals surface area contributed by atoms with Crippen molar-refractivity contribution in [3.05, 3.63) is 0 Å². The van der Waals surface area contributed by atoms with E-state index in [1.807, 2.05) is 6.92 Å². The predicted molar refractivity (Wildman–Crippen MR) is 63.0 cm³/mol. The van der Waals surface area contributed by atoms with Gasteiger partial charge in [0, 0.05) is 26.2 Å². The molecule has 1 unspecified atom stereocenters. The second-order valence-corrected chi connectivity index (χ2v) is 4.28. The zero-order valence-corrected chi connectivity index (χ0v) is 10.1. The molecule has 5 nitrogen and oxygen atoms in total. The van der Waals surface area contributed by atoms with Crippen molar-refractivity contribution < 1.29 is 9.90 Å². The number of amides is 1. The molecule has 94 valence electrons. The van der Waals surface area contributed by atoms with Crippen molar-refractivity contribution in [2.24, 2.45) is 5.73 Å². The van der Waals surface area contributed by atoms with E-state index in [2.05, 4.69) is 9.80 Å². The summed E-state index contributed by atoms with van der Waals surface area (Å²) in [6, 6.07) is -0.130. The van der Waals surface area contributed by atoms with Crippen molar-refractivity contribution in [1.82, 2.24) is 9.80 Å². The number of aliphatic hydroxyl groups is 1. The smallest absolute Gasteiger partial charge is 0.234 e. The lowest BCUT2D eigenvalue weighted by Gasteiger charge is -2.27. The lowest BCUT2D eigenvalue weighted by molar-refractivity contribution is -0.123. The molecule has 1 saturated heterocycles. The Morgan fingerprint density at radius 1 is 1.38 bits per heavy atom. The van der Waals surface area contributed by atoms with Crippen LogP contribution in [-0.2, 0) is 4.79 Å². The Kier molecular flexibility index (Phi) is 5.73. The van der Waals surface area contributed by atoms with Crippen LogP contribution in [0.5, 0.6) is 0 Å². The van der Waals surface area contributed by atoms with Gasteiger partial charge in [-0.1, -0.05) is 6.92 Å². The zero-order chi connectivity index (χ0) is 12.0. The third-order valence-electron chi connectivity index (χ3n) is 3.20. The summed E-state index contributed by atoms with van der Waals surface area (Å²) in [7, 11) is 0. The molecule has 1 aliphatic heterocycles. The van der Waals surface area contributed by atoms with Crippen molar-refractivity contribution in [2.45, 2.75) is 25.8 Å². The molecule has 1 heterocycles. The maximum Gasteiger partial charge on any atom is 0.234 e. The van der Waals surface area contributed by atoms with Crippen LogP contribution in [0.3, 0.4) is 0 Å². The molecule has 1 rings (SSSR count). The van der Waals surface area contributed by atoms with E-state index in [1.165, 1.54) is 0 Å². The summed E-state index contributed by atoms with van der Waals surface area (Å²) in [5.74, 6) is -0.224. The number of carbonyl (C=O) groups is 1. The summed E-state index contributed by atoms with van der Waals surface area (Å²) in [5, 5.41) is 8.89. The van der Waals surface area contributed by atoms with Gasteiger partial charge in [-0.15, -0.1) is 0 Å². The number of aliphatic hydroxyl groups excluding tert-OH is 1. The van der Waals surface area contributed by atoms with E-state index in [-0.39, 0.29) is 18.6 Å². The predicted octanol–water partition coefficient (Wildman–Crippen LogP) is -0.750. The monoisotopic (exact) mass is 229 g/mol. The Balaban J connectivity index is 2.48. The third kappa shape index (κ3) is 3.73. The van der Waals surface area contributed by atoms with Gasteiger partial charge in [0.05, 0.1) is 12.6 Å². The summed E-state index contributed by atoms with van der Waals surface area (Å²) < 4.78 is 0. The van der Waals surface area contributed by atoms with Crippen molar-refractivity contribution in [1.29, 1.82) is 0 Å². The number of hydrogen-bond acceptors (Lipinski definition) is 4. The minimum atomic E-state index is -0.224. The molecule has 1 amide bonds. The molecule has 5 heteroatoms. The van der Waals surface area contributed by atoms with Crippen LogP contribution in [0.2, 0.25) is 0 Å². The molecule has 1 atom stereocenters. The number of primary amides is 1. The van der Waals surface area contributed by atoms with Gasteiger partial charge in [-0.05, 0) is 19.4 Å². The number of nitrogens with two attached hydrogens (primary N) is 1. The molecule has 0 aliphatic carbocycles. The minimum Gasteiger partial charge on any atom is -0.395 e. The minimum absolute atomic E-state index is 0.130. The summed E-state index contributed by atoms with van der Waals surface area (Å²) in [6.07, 6.45) is 1.80. The quantitative estimate of drug-likeness (QED) is 0.651. The van der Waals surface area contributed by atoms with E-state index in [4.69, 9.17) is 10.8 Å². The first-order valence-electron chi connectivity index (χ1n) is 6.05. The maximum atomic E-state index is 11.3. The van der Waals surface area contributed by atoms with Gasteiger partial charge in [-0.2, -0.15) is 0 Å². The topological polar surface area (TPSA) is 69.8 Å². The molecule has 0 spiro atoms. The van der Waals surface area contributed by atoms with Gasteiger partial charge in [0.2, 0.25) is 5.91 Å². The lowest BCUT2D eigenvalue weighted by Crippen LogP contribution is -2.46. The Morgan fingerprint density at radius 2 is 2.12 bits per heavy atom. The number of rotatable bonds is 5. The molecule has 1 fully saturated rings. The lowest BCUT2D eigenvalue weighted by atomic mass is 10.1. The maximum absolute atomic E-state index is 11.3. The summed E-state index contributed by atoms with van der Waals surface area (Å²) >= 11 is 0. The zero-order valence-electron chi connectivity index (χ0n) is 10.1. The van der Waals surface area contributed by atoms with E-state index in [0.29, 0.717) is 0 Å². The van der Waals surface area contributed by atoms with Crippen molar-refractivity contribution in [3.8, 4) is 0 Å². The summed E-state index contributed by atoms with van der Waals surface area (Å²) in [5.41, 5.74) is 5.39. The first kappa shape index (κ1) is 13.4. The fraction of sp³-hybridized carbons (Fsp3) is 0.909. The molecular weight excluding hydrogens is 206 g/mol. The third-order valence-corrected chi connectivity index (χ3v) is 3.20. The van der Waals surface area contributed by atoms with E-state index in [9.17, 15) is 4.79 Å². The van der Waals surface area contributed by atoms with Crippen LogP contribution in [0.15, 0.2) is 0 Å². The first-order chi connectivity index (χ1) is 7.69. The Hall–Kier alpha value is -0.650. The Bertz CT molecular complexity index is 223. The van der Waals surface area contributed by atoms with Gasteiger partial charge in [-0.3, -0.25) is 14.6 Å². The number of β-amino-alcohol motifs (C(OH)–C–C–N with tert-alkyl or cyclic N) is 1. The Labute approximate surface area is 97.2 Å². The molecule has 0 saturated carbocycles. The normalized spacial score (nSPS) is 21.6. The van der Waals surface area contributed by atoms with Gasteiger partial charge in [0.25, 0.3) is 0 Å². The van der Waals surface area contributed by atoms with E-state index in [1.54, 1.807) is 0 Å². The molecular formula is C11H23N3O2. The SMILES string of the molecule is CCC(C(N)=O)N1CCCN(CCO)CC1. The van der Waals surface area contributed by atoms with Crippen LogP contribution in [0.25, 0.3) is 0 Å². The van der Waals surface area contributed by atoms with Crippen LogP contribution in [0.1, 0.15) is 19.8 Å². The standard InChI is InChI=1S/C11H23N3O2/c1-2-10(11(12)16)14-5-3-4-13(6-7-14)8-9-15/h10,15H,2-9H2,1H3,(H2,12,16). The molecule has 3 N–H and O–H groups in total. The highest BCUT2D eigenvalue weighted by Gasteiger charge is 2.24. The van der Waals surface area contributed by atoms with Crippen molar-refractivity contribution >= 4 is 5.91 Å². The van der Waals surface area contributed by atoms with Gasteiger partial charge in [0.15, 0.2) is 0 Å². The second-order valence-electron chi connectivity index (χ2n) is 4.28. The van der Waals surface area contributed by atoms with Gasteiger partial charge < -0.3 is 10.8 Å². The largest absolute Gasteiger partial charge is 0.395 e. The van der Waals surface area contributed by atoms with Crippen LogP contribution in [0, 0.1) is 0 Å². The molecule has 0 aromatic carbocycles. The van der Waals surface area contributed by atoms with Crippen LogP contribution in [-0.4, -0.2) is 66.2 Å². The van der Waals surface area contributed by atoms with E-state index >= 15 is 0 Å². The molecule has 0 aromatic heterocycles. The van der Waals surface area contributed by atoms with Crippen molar-refractivity contribution in [3.63, 3.8) is 0 Å². The second kappa shape index (κ2) is 6.83. The molecule has 0 radical (unpaired) electrons.